The van der Waals surface area contributed by atoms with Crippen LogP contribution < -0.4 is 5.32 Å². The molecule has 1 N–H and O–H groups in total. The highest BCUT2D eigenvalue weighted by Crippen LogP contribution is 2.25. The van der Waals surface area contributed by atoms with E-state index in [0.717, 1.165) is 34.4 Å². The van der Waals surface area contributed by atoms with Crippen LogP contribution in [-0.4, -0.2) is 21.3 Å². The summed E-state index contributed by atoms with van der Waals surface area (Å²) in [7, 11) is 1.86. The quantitative estimate of drug-likeness (QED) is 0.891. The van der Waals surface area contributed by atoms with Crippen molar-refractivity contribution in [1.29, 1.82) is 0 Å². The third-order valence-corrected chi connectivity index (χ3v) is 4.18. The van der Waals surface area contributed by atoms with E-state index in [1.807, 2.05) is 32.3 Å². The molecule has 2 aromatic heterocycles. The smallest absolute Gasteiger partial charge is 0.130 e. The van der Waals surface area contributed by atoms with E-state index >= 15 is 0 Å². The SMILES string of the molecule is CCNC(Cc1c(C)nn(C)c1Cl)c1ccc(Br)cn1. The minimum Gasteiger partial charge on any atom is -0.309 e. The van der Waals surface area contributed by atoms with Crippen LogP contribution in [0.4, 0.5) is 0 Å². The predicted octanol–water partition coefficient (Wildman–Crippen LogP) is 3.43. The topological polar surface area (TPSA) is 42.7 Å². The number of rotatable bonds is 5. The summed E-state index contributed by atoms with van der Waals surface area (Å²) in [5.41, 5.74) is 3.05. The Labute approximate surface area is 132 Å². The maximum Gasteiger partial charge on any atom is 0.130 e. The van der Waals surface area contributed by atoms with Crippen LogP contribution in [-0.2, 0) is 13.5 Å². The normalized spacial score (nSPS) is 12.7. The molecule has 1 atom stereocenters. The van der Waals surface area contributed by atoms with E-state index in [2.05, 4.69) is 38.3 Å². The zero-order valence-electron chi connectivity index (χ0n) is 11.8. The fraction of sp³-hybridized carbons (Fsp3) is 0.429. The van der Waals surface area contributed by atoms with E-state index in [1.165, 1.54) is 0 Å². The molecule has 0 bridgehead atoms. The van der Waals surface area contributed by atoms with Crippen molar-refractivity contribution in [2.75, 3.05) is 6.54 Å². The van der Waals surface area contributed by atoms with Crippen LogP contribution in [0.3, 0.4) is 0 Å². The van der Waals surface area contributed by atoms with Gasteiger partial charge >= 0.3 is 0 Å². The summed E-state index contributed by atoms with van der Waals surface area (Å²) >= 11 is 9.73. The summed E-state index contributed by atoms with van der Waals surface area (Å²) in [6.07, 6.45) is 2.60. The van der Waals surface area contributed by atoms with E-state index in [1.54, 1.807) is 4.68 Å². The summed E-state index contributed by atoms with van der Waals surface area (Å²) in [6.45, 7) is 4.95. The van der Waals surface area contributed by atoms with Gasteiger partial charge in [0.2, 0.25) is 0 Å². The van der Waals surface area contributed by atoms with E-state index in [0.29, 0.717) is 5.15 Å². The lowest BCUT2D eigenvalue weighted by atomic mass is 10.0. The first kappa shape index (κ1) is 15.5. The van der Waals surface area contributed by atoms with E-state index in [4.69, 9.17) is 11.6 Å². The maximum atomic E-state index is 6.32. The van der Waals surface area contributed by atoms with Crippen molar-refractivity contribution in [3.05, 3.63) is 44.9 Å². The van der Waals surface area contributed by atoms with Gasteiger partial charge in [0.25, 0.3) is 0 Å². The maximum absolute atomic E-state index is 6.32. The number of pyridine rings is 1. The minimum atomic E-state index is 0.133. The highest BCUT2D eigenvalue weighted by atomic mass is 79.9. The van der Waals surface area contributed by atoms with Gasteiger partial charge < -0.3 is 5.32 Å². The van der Waals surface area contributed by atoms with Gasteiger partial charge in [-0.15, -0.1) is 0 Å². The summed E-state index contributed by atoms with van der Waals surface area (Å²) in [5.74, 6) is 0. The van der Waals surface area contributed by atoms with Crippen LogP contribution in [0.1, 0.15) is 29.9 Å². The standard InChI is InChI=1S/C14H18BrClN4/c1-4-17-13(12-6-5-10(15)8-18-12)7-11-9(2)19-20(3)14(11)16/h5-6,8,13,17H,4,7H2,1-3H3. The van der Waals surface area contributed by atoms with Gasteiger partial charge in [-0.05, 0) is 48.0 Å². The molecular weight excluding hydrogens is 340 g/mol. The molecule has 0 aliphatic carbocycles. The Balaban J connectivity index is 2.27. The molecule has 4 nitrogen and oxygen atoms in total. The summed E-state index contributed by atoms with van der Waals surface area (Å²) < 4.78 is 2.69. The molecule has 0 aliphatic heterocycles. The molecule has 20 heavy (non-hydrogen) atoms. The fourth-order valence-corrected chi connectivity index (χ4v) is 2.72. The lowest BCUT2D eigenvalue weighted by molar-refractivity contribution is 0.535. The number of aromatic nitrogens is 3. The predicted molar refractivity (Wildman–Crippen MR) is 85.0 cm³/mol. The Kier molecular flexibility index (Phi) is 5.18. The highest BCUT2D eigenvalue weighted by Gasteiger charge is 2.18. The summed E-state index contributed by atoms with van der Waals surface area (Å²) in [4.78, 5) is 4.48. The molecule has 2 aromatic rings. The van der Waals surface area contributed by atoms with Gasteiger partial charge in [0.15, 0.2) is 0 Å². The first-order valence-corrected chi connectivity index (χ1v) is 7.72. The number of hydrogen-bond donors (Lipinski definition) is 1. The number of likely N-dealkylation sites (N-methyl/N-ethyl adjacent to an activating group) is 1. The van der Waals surface area contributed by atoms with E-state index in [9.17, 15) is 0 Å². The van der Waals surface area contributed by atoms with Crippen molar-refractivity contribution in [2.45, 2.75) is 26.3 Å². The lowest BCUT2D eigenvalue weighted by Crippen LogP contribution is -2.24. The van der Waals surface area contributed by atoms with Crippen molar-refractivity contribution >= 4 is 27.5 Å². The lowest BCUT2D eigenvalue weighted by Gasteiger charge is -2.17. The third kappa shape index (κ3) is 3.40. The van der Waals surface area contributed by atoms with Crippen LogP contribution >= 0.6 is 27.5 Å². The highest BCUT2D eigenvalue weighted by molar-refractivity contribution is 9.10. The first-order valence-electron chi connectivity index (χ1n) is 6.55. The van der Waals surface area contributed by atoms with Gasteiger partial charge in [0.05, 0.1) is 17.4 Å². The first-order chi connectivity index (χ1) is 9.52. The Morgan fingerprint density at radius 3 is 2.70 bits per heavy atom. The molecule has 0 aliphatic rings. The van der Waals surface area contributed by atoms with Crippen molar-refractivity contribution in [3.63, 3.8) is 0 Å². The van der Waals surface area contributed by atoms with Gasteiger partial charge in [0.1, 0.15) is 5.15 Å². The van der Waals surface area contributed by atoms with Crippen molar-refractivity contribution in [3.8, 4) is 0 Å². The van der Waals surface area contributed by atoms with E-state index < -0.39 is 0 Å². The number of nitrogens with one attached hydrogen (secondary N) is 1. The second kappa shape index (κ2) is 6.70. The molecule has 0 amide bonds. The number of hydrogen-bond acceptors (Lipinski definition) is 3. The second-order valence-corrected chi connectivity index (χ2v) is 5.97. The molecule has 0 aromatic carbocycles. The molecule has 0 radical (unpaired) electrons. The van der Waals surface area contributed by atoms with Gasteiger partial charge in [-0.2, -0.15) is 5.10 Å². The van der Waals surface area contributed by atoms with Gasteiger partial charge in [-0.3, -0.25) is 9.67 Å². The van der Waals surface area contributed by atoms with Crippen molar-refractivity contribution in [2.24, 2.45) is 7.05 Å². The number of aryl methyl sites for hydroxylation is 2. The molecule has 0 saturated heterocycles. The monoisotopic (exact) mass is 356 g/mol. The van der Waals surface area contributed by atoms with Gasteiger partial charge in [-0.1, -0.05) is 18.5 Å². The molecule has 0 spiro atoms. The average molecular weight is 358 g/mol. The molecule has 0 fully saturated rings. The number of halogens is 2. The Morgan fingerprint density at radius 2 is 2.20 bits per heavy atom. The third-order valence-electron chi connectivity index (χ3n) is 3.24. The molecule has 1 unspecified atom stereocenters. The molecular formula is C14H18BrClN4. The molecule has 2 rings (SSSR count). The van der Waals surface area contributed by atoms with Crippen molar-refractivity contribution < 1.29 is 0 Å². The molecule has 108 valence electrons. The largest absolute Gasteiger partial charge is 0.309 e. The number of nitrogens with zero attached hydrogens (tertiary/aromatic N) is 3. The average Bonchev–Trinajstić information content (AvgIpc) is 2.65. The van der Waals surface area contributed by atoms with Gasteiger partial charge in [0, 0.05) is 23.3 Å². The Morgan fingerprint density at radius 1 is 1.45 bits per heavy atom. The van der Waals surface area contributed by atoms with Crippen LogP contribution in [0.25, 0.3) is 0 Å². The Hall–Kier alpha value is -0.910. The van der Waals surface area contributed by atoms with Crippen LogP contribution in [0.2, 0.25) is 5.15 Å². The van der Waals surface area contributed by atoms with E-state index in [-0.39, 0.29) is 6.04 Å². The molecule has 2 heterocycles. The summed E-state index contributed by atoms with van der Waals surface area (Å²) in [6, 6.07) is 4.16. The van der Waals surface area contributed by atoms with Crippen molar-refractivity contribution in [1.82, 2.24) is 20.1 Å². The Bertz CT molecular complexity index is 580. The van der Waals surface area contributed by atoms with Crippen LogP contribution in [0.15, 0.2) is 22.8 Å². The fourth-order valence-electron chi connectivity index (χ4n) is 2.23. The molecule has 0 saturated carbocycles. The zero-order chi connectivity index (χ0) is 14.7. The minimum absolute atomic E-state index is 0.133. The van der Waals surface area contributed by atoms with Crippen LogP contribution in [0, 0.1) is 6.92 Å². The van der Waals surface area contributed by atoms with Gasteiger partial charge in [-0.25, -0.2) is 0 Å². The second-order valence-electron chi connectivity index (χ2n) is 4.69. The molecule has 6 heteroatoms. The zero-order valence-corrected chi connectivity index (χ0v) is 14.2. The van der Waals surface area contributed by atoms with Crippen LogP contribution in [0.5, 0.6) is 0 Å². The summed E-state index contributed by atoms with van der Waals surface area (Å²) in [5, 5.41) is 8.51.